The molecule has 0 heterocycles. The highest BCUT2D eigenvalue weighted by Gasteiger charge is 2.09. The molecule has 0 bridgehead atoms. The molecular weight excluding hydrogens is 318 g/mol. The van der Waals surface area contributed by atoms with E-state index in [1.165, 1.54) is 0 Å². The third kappa shape index (κ3) is 5.71. The number of carbonyl (C=O) groups excluding carboxylic acids is 1. The largest absolute Gasteiger partial charge is 0.497 e. The predicted octanol–water partition coefficient (Wildman–Crippen LogP) is 3.35. The molecule has 2 aromatic carbocycles. The quantitative estimate of drug-likeness (QED) is 0.799. The first-order valence-electron chi connectivity index (χ1n) is 8.25. The summed E-state index contributed by atoms with van der Waals surface area (Å²) in [5.41, 5.74) is 1.90. The molecule has 5 nitrogen and oxygen atoms in total. The number of amides is 1. The molecule has 0 atom stereocenters. The molecule has 1 N–H and O–H groups in total. The van der Waals surface area contributed by atoms with Gasteiger partial charge in [0.05, 0.1) is 26.7 Å². The van der Waals surface area contributed by atoms with E-state index in [1.807, 2.05) is 56.3 Å². The van der Waals surface area contributed by atoms with Gasteiger partial charge in [0, 0.05) is 6.54 Å². The molecule has 0 unspecified atom stereocenters. The van der Waals surface area contributed by atoms with Crippen molar-refractivity contribution >= 4 is 5.91 Å². The van der Waals surface area contributed by atoms with Gasteiger partial charge in [-0.1, -0.05) is 18.2 Å². The molecule has 0 aliphatic heterocycles. The van der Waals surface area contributed by atoms with Crippen LogP contribution >= 0.6 is 0 Å². The molecular formula is C20H25NO4. The zero-order valence-electron chi connectivity index (χ0n) is 15.2. The van der Waals surface area contributed by atoms with Crippen molar-refractivity contribution in [2.45, 2.75) is 32.9 Å². The highest BCUT2D eigenvalue weighted by atomic mass is 16.5. The summed E-state index contributed by atoms with van der Waals surface area (Å²) in [6.07, 6.45) is 0.402. The fourth-order valence-electron chi connectivity index (χ4n) is 2.37. The Kier molecular flexibility index (Phi) is 6.69. The number of ether oxygens (including phenoxy) is 3. The van der Waals surface area contributed by atoms with Gasteiger partial charge in [-0.2, -0.15) is 0 Å². The lowest BCUT2D eigenvalue weighted by molar-refractivity contribution is -0.120. The van der Waals surface area contributed by atoms with Gasteiger partial charge in [-0.15, -0.1) is 0 Å². The summed E-state index contributed by atoms with van der Waals surface area (Å²) in [5.74, 6) is 2.10. The van der Waals surface area contributed by atoms with Gasteiger partial charge in [0.25, 0.3) is 0 Å². The Bertz CT molecular complexity index is 695. The maximum atomic E-state index is 12.1. The highest BCUT2D eigenvalue weighted by Crippen LogP contribution is 2.28. The van der Waals surface area contributed by atoms with E-state index >= 15 is 0 Å². The van der Waals surface area contributed by atoms with Crippen LogP contribution < -0.4 is 19.5 Å². The van der Waals surface area contributed by atoms with Crippen LogP contribution in [0.4, 0.5) is 0 Å². The number of hydrogen-bond acceptors (Lipinski definition) is 4. The Morgan fingerprint density at radius 2 is 1.64 bits per heavy atom. The molecule has 1 amide bonds. The normalized spacial score (nSPS) is 10.4. The van der Waals surface area contributed by atoms with Crippen LogP contribution in [-0.4, -0.2) is 26.2 Å². The van der Waals surface area contributed by atoms with E-state index in [9.17, 15) is 4.79 Å². The Morgan fingerprint density at radius 3 is 2.24 bits per heavy atom. The number of carbonyl (C=O) groups is 1. The number of nitrogens with one attached hydrogen (secondary N) is 1. The molecule has 0 aliphatic rings. The van der Waals surface area contributed by atoms with Crippen molar-refractivity contribution in [3.63, 3.8) is 0 Å². The first-order chi connectivity index (χ1) is 12.0. The van der Waals surface area contributed by atoms with Crippen LogP contribution in [0.25, 0.3) is 0 Å². The fraction of sp³-hybridized carbons (Fsp3) is 0.350. The van der Waals surface area contributed by atoms with Gasteiger partial charge in [0.1, 0.15) is 5.75 Å². The molecule has 134 valence electrons. The number of benzene rings is 2. The summed E-state index contributed by atoms with van der Waals surface area (Å²) >= 11 is 0. The smallest absolute Gasteiger partial charge is 0.224 e. The SMILES string of the molecule is COc1ccc(CC(=O)NCc2ccc(OC(C)C)c(OC)c2)cc1. The fourth-order valence-corrected chi connectivity index (χ4v) is 2.37. The average molecular weight is 343 g/mol. The third-order valence-electron chi connectivity index (χ3n) is 3.60. The van der Waals surface area contributed by atoms with Crippen LogP contribution in [0, 0.1) is 0 Å². The molecule has 0 spiro atoms. The van der Waals surface area contributed by atoms with Gasteiger partial charge in [-0.25, -0.2) is 0 Å². The topological polar surface area (TPSA) is 56.8 Å². The lowest BCUT2D eigenvalue weighted by Gasteiger charge is -2.14. The lowest BCUT2D eigenvalue weighted by atomic mass is 10.1. The Morgan fingerprint density at radius 1 is 0.960 bits per heavy atom. The number of methoxy groups -OCH3 is 2. The van der Waals surface area contributed by atoms with Crippen molar-refractivity contribution in [2.75, 3.05) is 14.2 Å². The van der Waals surface area contributed by atoms with Crippen molar-refractivity contribution in [1.82, 2.24) is 5.32 Å². The van der Waals surface area contributed by atoms with E-state index in [4.69, 9.17) is 14.2 Å². The van der Waals surface area contributed by atoms with Crippen molar-refractivity contribution in [2.24, 2.45) is 0 Å². The number of hydrogen-bond donors (Lipinski definition) is 1. The van der Waals surface area contributed by atoms with E-state index < -0.39 is 0 Å². The van der Waals surface area contributed by atoms with Crippen LogP contribution in [0.2, 0.25) is 0 Å². The van der Waals surface area contributed by atoms with E-state index in [0.29, 0.717) is 24.5 Å². The van der Waals surface area contributed by atoms with Gasteiger partial charge in [0.2, 0.25) is 5.91 Å². The van der Waals surface area contributed by atoms with E-state index in [0.717, 1.165) is 16.9 Å². The van der Waals surface area contributed by atoms with Crippen LogP contribution in [0.3, 0.4) is 0 Å². The molecule has 5 heteroatoms. The van der Waals surface area contributed by atoms with E-state index in [2.05, 4.69) is 5.32 Å². The minimum Gasteiger partial charge on any atom is -0.497 e. The maximum Gasteiger partial charge on any atom is 0.224 e. The molecule has 25 heavy (non-hydrogen) atoms. The van der Waals surface area contributed by atoms with Crippen molar-refractivity contribution in [3.8, 4) is 17.2 Å². The molecule has 0 aromatic heterocycles. The van der Waals surface area contributed by atoms with Crippen molar-refractivity contribution in [1.29, 1.82) is 0 Å². The molecule has 0 aliphatic carbocycles. The molecule has 0 fully saturated rings. The van der Waals surface area contributed by atoms with Crippen LogP contribution in [0.1, 0.15) is 25.0 Å². The molecule has 2 rings (SSSR count). The first kappa shape index (κ1) is 18.6. The summed E-state index contributed by atoms with van der Waals surface area (Å²) in [4.78, 5) is 12.1. The Labute approximate surface area is 148 Å². The summed E-state index contributed by atoms with van der Waals surface area (Å²) in [5, 5.41) is 2.92. The van der Waals surface area contributed by atoms with Crippen LogP contribution in [0.15, 0.2) is 42.5 Å². The first-order valence-corrected chi connectivity index (χ1v) is 8.25. The van der Waals surface area contributed by atoms with Gasteiger partial charge in [-0.3, -0.25) is 4.79 Å². The van der Waals surface area contributed by atoms with Crippen molar-refractivity contribution < 1.29 is 19.0 Å². The zero-order valence-corrected chi connectivity index (χ0v) is 15.2. The summed E-state index contributed by atoms with van der Waals surface area (Å²) in [6, 6.07) is 13.1. The molecule has 0 radical (unpaired) electrons. The van der Waals surface area contributed by atoms with E-state index in [1.54, 1.807) is 14.2 Å². The molecule has 0 saturated heterocycles. The summed E-state index contributed by atoms with van der Waals surface area (Å²) < 4.78 is 16.2. The second-order valence-electron chi connectivity index (χ2n) is 5.95. The standard InChI is InChI=1S/C20H25NO4/c1-14(2)25-18-10-7-16(11-19(18)24-4)13-21-20(22)12-15-5-8-17(23-3)9-6-15/h5-11,14H,12-13H2,1-4H3,(H,21,22). The highest BCUT2D eigenvalue weighted by molar-refractivity contribution is 5.78. The van der Waals surface area contributed by atoms with Gasteiger partial charge >= 0.3 is 0 Å². The summed E-state index contributed by atoms with van der Waals surface area (Å²) in [6.45, 7) is 4.37. The summed E-state index contributed by atoms with van der Waals surface area (Å²) in [7, 11) is 3.22. The minimum absolute atomic E-state index is 0.0355. The van der Waals surface area contributed by atoms with E-state index in [-0.39, 0.29) is 12.0 Å². The third-order valence-corrected chi connectivity index (χ3v) is 3.60. The Hall–Kier alpha value is -2.69. The maximum absolute atomic E-state index is 12.1. The predicted molar refractivity (Wildman–Crippen MR) is 97.3 cm³/mol. The molecule has 0 saturated carbocycles. The second-order valence-corrected chi connectivity index (χ2v) is 5.95. The van der Waals surface area contributed by atoms with Gasteiger partial charge in [-0.05, 0) is 49.2 Å². The monoisotopic (exact) mass is 343 g/mol. The average Bonchev–Trinajstić information content (AvgIpc) is 2.61. The number of rotatable bonds is 8. The lowest BCUT2D eigenvalue weighted by Crippen LogP contribution is -2.24. The zero-order chi connectivity index (χ0) is 18.2. The van der Waals surface area contributed by atoms with Gasteiger partial charge < -0.3 is 19.5 Å². The van der Waals surface area contributed by atoms with Crippen LogP contribution in [0.5, 0.6) is 17.2 Å². The van der Waals surface area contributed by atoms with Crippen molar-refractivity contribution in [3.05, 3.63) is 53.6 Å². The van der Waals surface area contributed by atoms with Gasteiger partial charge in [0.15, 0.2) is 11.5 Å². The minimum atomic E-state index is -0.0355. The Balaban J connectivity index is 1.92. The second kappa shape index (κ2) is 8.97. The molecule has 2 aromatic rings. The van der Waals surface area contributed by atoms with Crippen LogP contribution in [-0.2, 0) is 17.8 Å².